The minimum Gasteiger partial charge on any atom is -0.395 e. The van der Waals surface area contributed by atoms with Crippen molar-refractivity contribution in [3.63, 3.8) is 0 Å². The Balaban J connectivity index is 2.84. The molecule has 0 saturated carbocycles. The summed E-state index contributed by atoms with van der Waals surface area (Å²) in [7, 11) is -1.97. The Morgan fingerprint density at radius 1 is 1.50 bits per heavy atom. The SMILES string of the molecule is COCCN(CCO)S(=O)(=O)c1cccs1. The van der Waals surface area contributed by atoms with E-state index in [-0.39, 0.29) is 23.9 Å². The number of hydrogen-bond acceptors (Lipinski definition) is 5. The van der Waals surface area contributed by atoms with E-state index in [1.807, 2.05) is 0 Å². The molecule has 0 aliphatic carbocycles. The second-order valence-electron chi connectivity index (χ2n) is 3.05. The molecule has 0 amide bonds. The van der Waals surface area contributed by atoms with Crippen LogP contribution in [0.3, 0.4) is 0 Å². The van der Waals surface area contributed by atoms with E-state index in [1.165, 1.54) is 22.8 Å². The zero-order chi connectivity index (χ0) is 12.0. The predicted molar refractivity (Wildman–Crippen MR) is 62.0 cm³/mol. The summed E-state index contributed by atoms with van der Waals surface area (Å²) in [6.45, 7) is 0.444. The van der Waals surface area contributed by atoms with Crippen LogP contribution in [-0.4, -0.2) is 51.2 Å². The van der Waals surface area contributed by atoms with Gasteiger partial charge in [0.25, 0.3) is 10.0 Å². The van der Waals surface area contributed by atoms with Crippen molar-refractivity contribution in [3.8, 4) is 0 Å². The topological polar surface area (TPSA) is 66.8 Å². The van der Waals surface area contributed by atoms with Crippen molar-refractivity contribution in [2.75, 3.05) is 33.4 Å². The van der Waals surface area contributed by atoms with Crippen LogP contribution in [0.4, 0.5) is 0 Å². The van der Waals surface area contributed by atoms with Crippen molar-refractivity contribution in [2.24, 2.45) is 0 Å². The van der Waals surface area contributed by atoms with Gasteiger partial charge in [-0.2, -0.15) is 4.31 Å². The van der Waals surface area contributed by atoms with E-state index in [4.69, 9.17) is 9.84 Å². The normalized spacial score (nSPS) is 12.2. The summed E-state index contributed by atoms with van der Waals surface area (Å²) in [6.07, 6.45) is 0. The average Bonchev–Trinajstić information content (AvgIpc) is 2.77. The van der Waals surface area contributed by atoms with E-state index in [0.29, 0.717) is 6.61 Å². The molecule has 16 heavy (non-hydrogen) atoms. The third-order valence-electron chi connectivity index (χ3n) is 1.98. The lowest BCUT2D eigenvalue weighted by Gasteiger charge is -2.19. The zero-order valence-corrected chi connectivity index (χ0v) is 10.6. The van der Waals surface area contributed by atoms with Gasteiger partial charge in [0.05, 0.1) is 13.2 Å². The first-order valence-electron chi connectivity index (χ1n) is 4.76. The summed E-state index contributed by atoms with van der Waals surface area (Å²) in [5, 5.41) is 10.6. The first-order valence-corrected chi connectivity index (χ1v) is 7.08. The van der Waals surface area contributed by atoms with E-state index >= 15 is 0 Å². The molecule has 7 heteroatoms. The van der Waals surface area contributed by atoms with Crippen LogP contribution in [0.15, 0.2) is 21.7 Å². The van der Waals surface area contributed by atoms with Crippen LogP contribution in [0.25, 0.3) is 0 Å². The highest BCUT2D eigenvalue weighted by Gasteiger charge is 2.24. The summed E-state index contributed by atoms with van der Waals surface area (Å²) < 4.78 is 30.5. The van der Waals surface area contributed by atoms with Crippen molar-refractivity contribution in [2.45, 2.75) is 4.21 Å². The molecule has 1 aromatic heterocycles. The van der Waals surface area contributed by atoms with Crippen LogP contribution in [-0.2, 0) is 14.8 Å². The summed E-state index contributed by atoms with van der Waals surface area (Å²) in [6, 6.07) is 3.24. The van der Waals surface area contributed by atoms with Crippen molar-refractivity contribution >= 4 is 21.4 Å². The lowest BCUT2D eigenvalue weighted by atomic mass is 10.6. The van der Waals surface area contributed by atoms with Gasteiger partial charge in [-0.15, -0.1) is 11.3 Å². The summed E-state index contributed by atoms with van der Waals surface area (Å²) >= 11 is 1.17. The van der Waals surface area contributed by atoms with Crippen molar-refractivity contribution < 1.29 is 18.3 Å². The lowest BCUT2D eigenvalue weighted by molar-refractivity contribution is 0.169. The molecule has 0 unspecified atom stereocenters. The Morgan fingerprint density at radius 2 is 2.25 bits per heavy atom. The van der Waals surface area contributed by atoms with E-state index in [2.05, 4.69) is 0 Å². The Morgan fingerprint density at radius 3 is 2.75 bits per heavy atom. The van der Waals surface area contributed by atoms with Crippen LogP contribution in [0, 0.1) is 0 Å². The number of thiophene rings is 1. The fraction of sp³-hybridized carbons (Fsp3) is 0.556. The Bertz CT molecular complexity index is 388. The summed E-state index contributed by atoms with van der Waals surface area (Å²) in [5.74, 6) is 0. The van der Waals surface area contributed by atoms with Gasteiger partial charge < -0.3 is 9.84 Å². The second-order valence-corrected chi connectivity index (χ2v) is 6.17. The first kappa shape index (κ1) is 13.6. The maximum Gasteiger partial charge on any atom is 0.252 e. The fourth-order valence-corrected chi connectivity index (χ4v) is 3.75. The van der Waals surface area contributed by atoms with E-state index in [1.54, 1.807) is 17.5 Å². The quantitative estimate of drug-likeness (QED) is 0.774. The highest BCUT2D eigenvalue weighted by molar-refractivity contribution is 7.91. The number of hydrogen-bond donors (Lipinski definition) is 1. The number of ether oxygens (including phenoxy) is 1. The molecule has 1 heterocycles. The fourth-order valence-electron chi connectivity index (χ4n) is 1.19. The second kappa shape index (κ2) is 6.31. The zero-order valence-electron chi connectivity index (χ0n) is 9.00. The number of nitrogens with zero attached hydrogens (tertiary/aromatic N) is 1. The Kier molecular flexibility index (Phi) is 5.36. The molecule has 1 rings (SSSR count). The van der Waals surface area contributed by atoms with E-state index < -0.39 is 10.0 Å². The summed E-state index contributed by atoms with van der Waals surface area (Å²) in [4.78, 5) is 0. The van der Waals surface area contributed by atoms with Gasteiger partial charge in [0.15, 0.2) is 0 Å². The van der Waals surface area contributed by atoms with Crippen molar-refractivity contribution in [1.29, 1.82) is 0 Å². The van der Waals surface area contributed by atoms with Gasteiger partial charge in [0.1, 0.15) is 4.21 Å². The third kappa shape index (κ3) is 3.26. The highest BCUT2D eigenvalue weighted by Crippen LogP contribution is 2.20. The highest BCUT2D eigenvalue weighted by atomic mass is 32.2. The molecule has 0 spiro atoms. The van der Waals surface area contributed by atoms with Gasteiger partial charge in [-0.05, 0) is 11.4 Å². The largest absolute Gasteiger partial charge is 0.395 e. The van der Waals surface area contributed by atoms with Gasteiger partial charge in [0, 0.05) is 20.2 Å². The molecular weight excluding hydrogens is 250 g/mol. The van der Waals surface area contributed by atoms with Crippen LogP contribution >= 0.6 is 11.3 Å². The molecule has 0 fully saturated rings. The maximum atomic E-state index is 12.1. The number of sulfonamides is 1. The average molecular weight is 265 g/mol. The number of methoxy groups -OCH3 is 1. The molecule has 0 saturated heterocycles. The van der Waals surface area contributed by atoms with E-state index in [0.717, 1.165) is 0 Å². The molecule has 0 radical (unpaired) electrons. The Labute approximate surface area is 99.3 Å². The van der Waals surface area contributed by atoms with Gasteiger partial charge in [-0.3, -0.25) is 0 Å². The van der Waals surface area contributed by atoms with Crippen LogP contribution < -0.4 is 0 Å². The minimum absolute atomic E-state index is 0.0869. The number of rotatable bonds is 7. The minimum atomic E-state index is -3.48. The molecule has 0 bridgehead atoms. The van der Waals surface area contributed by atoms with Gasteiger partial charge >= 0.3 is 0 Å². The van der Waals surface area contributed by atoms with Gasteiger partial charge in [0.2, 0.25) is 0 Å². The predicted octanol–water partition coefficient (Wildman–Crippen LogP) is 0.378. The maximum absolute atomic E-state index is 12.1. The van der Waals surface area contributed by atoms with E-state index in [9.17, 15) is 8.42 Å². The van der Waals surface area contributed by atoms with Gasteiger partial charge in [-0.25, -0.2) is 8.42 Å². The van der Waals surface area contributed by atoms with Gasteiger partial charge in [-0.1, -0.05) is 6.07 Å². The summed E-state index contributed by atoms with van der Waals surface area (Å²) in [5.41, 5.74) is 0. The van der Waals surface area contributed by atoms with Crippen molar-refractivity contribution in [1.82, 2.24) is 4.31 Å². The molecule has 0 aliphatic rings. The smallest absolute Gasteiger partial charge is 0.252 e. The molecule has 1 aromatic rings. The molecule has 5 nitrogen and oxygen atoms in total. The molecule has 92 valence electrons. The molecular formula is C9H15NO4S2. The third-order valence-corrected chi connectivity index (χ3v) is 5.26. The van der Waals surface area contributed by atoms with Crippen LogP contribution in [0.1, 0.15) is 0 Å². The molecule has 0 aromatic carbocycles. The standard InChI is InChI=1S/C9H15NO4S2/c1-14-7-5-10(4-6-11)16(12,13)9-3-2-8-15-9/h2-3,8,11H,4-7H2,1H3. The van der Waals surface area contributed by atoms with Crippen LogP contribution in [0.2, 0.25) is 0 Å². The first-order chi connectivity index (χ1) is 7.62. The molecule has 0 aliphatic heterocycles. The molecule has 0 atom stereocenters. The number of aliphatic hydroxyl groups excluding tert-OH is 1. The van der Waals surface area contributed by atoms with Crippen molar-refractivity contribution in [3.05, 3.63) is 17.5 Å². The Hall–Kier alpha value is -0.470. The number of aliphatic hydroxyl groups is 1. The lowest BCUT2D eigenvalue weighted by Crippen LogP contribution is -2.35. The molecule has 1 N–H and O–H groups in total. The monoisotopic (exact) mass is 265 g/mol. The van der Waals surface area contributed by atoms with Crippen LogP contribution in [0.5, 0.6) is 0 Å².